The molecular formula is C13H11FN4O2. The maximum atomic E-state index is 13.7. The molecule has 0 bridgehead atoms. The van der Waals surface area contributed by atoms with E-state index in [0.29, 0.717) is 0 Å². The van der Waals surface area contributed by atoms with Crippen LogP contribution in [0.15, 0.2) is 47.8 Å². The van der Waals surface area contributed by atoms with Gasteiger partial charge in [-0.15, -0.1) is 0 Å². The first-order valence-electron chi connectivity index (χ1n) is 5.62. The molecule has 102 valence electrons. The summed E-state index contributed by atoms with van der Waals surface area (Å²) < 4.78 is 13.7. The Morgan fingerprint density at radius 1 is 1.30 bits per heavy atom. The van der Waals surface area contributed by atoms with Crippen molar-refractivity contribution < 1.29 is 14.4 Å². The molecule has 4 N–H and O–H groups in total. The topological polar surface area (TPSA) is 101 Å². The number of carbonyl (C=O) groups is 1. The van der Waals surface area contributed by atoms with Gasteiger partial charge in [0.15, 0.2) is 5.84 Å². The lowest BCUT2D eigenvalue weighted by Gasteiger charge is -2.10. The van der Waals surface area contributed by atoms with Crippen LogP contribution >= 0.6 is 0 Å². The molecule has 6 nitrogen and oxygen atoms in total. The van der Waals surface area contributed by atoms with E-state index in [1.807, 2.05) is 0 Å². The second kappa shape index (κ2) is 5.79. The third-order valence-corrected chi connectivity index (χ3v) is 2.52. The molecule has 1 amide bonds. The lowest BCUT2D eigenvalue weighted by Crippen LogP contribution is -2.21. The van der Waals surface area contributed by atoms with Crippen LogP contribution in [-0.4, -0.2) is 21.9 Å². The molecule has 0 saturated heterocycles. The normalized spacial score (nSPS) is 11.2. The van der Waals surface area contributed by atoms with Crippen molar-refractivity contribution in [1.29, 1.82) is 0 Å². The Balaban J connectivity index is 2.35. The molecule has 0 atom stereocenters. The zero-order valence-corrected chi connectivity index (χ0v) is 10.2. The van der Waals surface area contributed by atoms with Gasteiger partial charge in [0.2, 0.25) is 0 Å². The van der Waals surface area contributed by atoms with Crippen LogP contribution in [-0.2, 0) is 0 Å². The number of amides is 1. The van der Waals surface area contributed by atoms with Crippen molar-refractivity contribution in [3.05, 3.63) is 59.7 Å². The number of benzene rings is 1. The summed E-state index contributed by atoms with van der Waals surface area (Å²) in [5, 5.41) is 13.9. The van der Waals surface area contributed by atoms with Gasteiger partial charge in [-0.3, -0.25) is 9.78 Å². The summed E-state index contributed by atoms with van der Waals surface area (Å²) in [6.45, 7) is 0. The number of aromatic nitrogens is 1. The van der Waals surface area contributed by atoms with Crippen LogP contribution in [0.1, 0.15) is 16.1 Å². The molecule has 0 radical (unpaired) electrons. The van der Waals surface area contributed by atoms with Gasteiger partial charge in [-0.1, -0.05) is 17.3 Å². The van der Waals surface area contributed by atoms with Crippen molar-refractivity contribution in [1.82, 2.24) is 4.98 Å². The Kier molecular flexibility index (Phi) is 3.90. The maximum Gasteiger partial charge on any atom is 0.274 e. The smallest absolute Gasteiger partial charge is 0.274 e. The highest BCUT2D eigenvalue weighted by Crippen LogP contribution is 2.19. The summed E-state index contributed by atoms with van der Waals surface area (Å²) in [7, 11) is 0. The maximum absolute atomic E-state index is 13.7. The highest BCUT2D eigenvalue weighted by molar-refractivity contribution is 6.09. The molecule has 20 heavy (non-hydrogen) atoms. The van der Waals surface area contributed by atoms with Crippen LogP contribution in [0.2, 0.25) is 0 Å². The van der Waals surface area contributed by atoms with Crippen molar-refractivity contribution >= 4 is 17.4 Å². The van der Waals surface area contributed by atoms with E-state index in [4.69, 9.17) is 10.9 Å². The van der Waals surface area contributed by atoms with Gasteiger partial charge in [0.05, 0.1) is 11.3 Å². The summed E-state index contributed by atoms with van der Waals surface area (Å²) >= 11 is 0. The SMILES string of the molecule is N/C(=N/O)c1c(F)cccc1NC(=O)c1ccccn1. The van der Waals surface area contributed by atoms with Crippen LogP contribution in [0.25, 0.3) is 0 Å². The van der Waals surface area contributed by atoms with E-state index in [9.17, 15) is 9.18 Å². The largest absolute Gasteiger partial charge is 0.409 e. The highest BCUT2D eigenvalue weighted by atomic mass is 19.1. The number of halogens is 1. The number of hydrogen-bond donors (Lipinski definition) is 3. The van der Waals surface area contributed by atoms with Gasteiger partial charge in [0.1, 0.15) is 11.5 Å². The molecule has 0 saturated carbocycles. The molecule has 1 aromatic heterocycles. The molecular weight excluding hydrogens is 263 g/mol. The molecule has 2 rings (SSSR count). The predicted molar refractivity (Wildman–Crippen MR) is 71.1 cm³/mol. The van der Waals surface area contributed by atoms with E-state index >= 15 is 0 Å². The predicted octanol–water partition coefficient (Wildman–Crippen LogP) is 1.57. The first-order valence-corrected chi connectivity index (χ1v) is 5.62. The lowest BCUT2D eigenvalue weighted by atomic mass is 10.1. The zero-order chi connectivity index (χ0) is 14.5. The second-order valence-corrected chi connectivity index (χ2v) is 3.82. The monoisotopic (exact) mass is 274 g/mol. The van der Waals surface area contributed by atoms with Crippen LogP contribution < -0.4 is 11.1 Å². The minimum atomic E-state index is -0.709. The molecule has 1 heterocycles. The van der Waals surface area contributed by atoms with E-state index in [2.05, 4.69) is 15.5 Å². The second-order valence-electron chi connectivity index (χ2n) is 3.82. The van der Waals surface area contributed by atoms with E-state index in [1.54, 1.807) is 12.1 Å². The summed E-state index contributed by atoms with van der Waals surface area (Å²) in [4.78, 5) is 15.8. The van der Waals surface area contributed by atoms with Crippen LogP contribution in [0.3, 0.4) is 0 Å². The minimum absolute atomic E-state index is 0.0935. The fourth-order valence-electron chi connectivity index (χ4n) is 1.62. The Morgan fingerprint density at radius 2 is 2.10 bits per heavy atom. The number of nitrogens with one attached hydrogen (secondary N) is 1. The van der Waals surface area contributed by atoms with E-state index in [1.165, 1.54) is 24.4 Å². The van der Waals surface area contributed by atoms with Gasteiger partial charge in [-0.05, 0) is 24.3 Å². The van der Waals surface area contributed by atoms with Crippen molar-refractivity contribution in [3.63, 3.8) is 0 Å². The first-order chi connectivity index (χ1) is 9.63. The van der Waals surface area contributed by atoms with Crippen molar-refractivity contribution in [3.8, 4) is 0 Å². The summed E-state index contributed by atoms with van der Waals surface area (Å²) in [6, 6.07) is 8.81. The lowest BCUT2D eigenvalue weighted by molar-refractivity contribution is 0.102. The number of hydrogen-bond acceptors (Lipinski definition) is 4. The minimum Gasteiger partial charge on any atom is -0.409 e. The number of nitrogens with two attached hydrogens (primary N) is 1. The highest BCUT2D eigenvalue weighted by Gasteiger charge is 2.16. The molecule has 0 unspecified atom stereocenters. The fraction of sp³-hybridized carbons (Fsp3) is 0. The van der Waals surface area contributed by atoms with Crippen LogP contribution in [0.5, 0.6) is 0 Å². The molecule has 0 fully saturated rings. The third kappa shape index (κ3) is 2.72. The van der Waals surface area contributed by atoms with Gasteiger partial charge in [0, 0.05) is 6.20 Å². The van der Waals surface area contributed by atoms with E-state index < -0.39 is 17.6 Å². The molecule has 0 aliphatic carbocycles. The van der Waals surface area contributed by atoms with Gasteiger partial charge in [0.25, 0.3) is 5.91 Å². The molecule has 7 heteroatoms. The van der Waals surface area contributed by atoms with Crippen LogP contribution in [0.4, 0.5) is 10.1 Å². The van der Waals surface area contributed by atoms with Crippen molar-refractivity contribution in [2.45, 2.75) is 0 Å². The molecule has 1 aromatic carbocycles. The summed E-state index contributed by atoms with van der Waals surface area (Å²) in [5.41, 5.74) is 5.48. The number of amidine groups is 1. The molecule has 2 aromatic rings. The van der Waals surface area contributed by atoms with Crippen molar-refractivity contribution in [2.75, 3.05) is 5.32 Å². The number of nitrogens with zero attached hydrogens (tertiary/aromatic N) is 2. The van der Waals surface area contributed by atoms with Gasteiger partial charge < -0.3 is 16.3 Å². The number of carbonyl (C=O) groups excluding carboxylic acids is 1. The number of oxime groups is 1. The molecule has 0 aliphatic rings. The Labute approximate surface area is 113 Å². The number of rotatable bonds is 3. The Hall–Kier alpha value is -2.96. The standard InChI is InChI=1S/C13H11FN4O2/c14-8-4-3-6-9(11(8)12(15)18-20)17-13(19)10-5-1-2-7-16-10/h1-7,20H,(H2,15,18)(H,17,19). The van der Waals surface area contributed by atoms with Crippen molar-refractivity contribution in [2.24, 2.45) is 10.9 Å². The summed E-state index contributed by atoms with van der Waals surface area (Å²) in [6.07, 6.45) is 1.46. The zero-order valence-electron chi connectivity index (χ0n) is 10.2. The summed E-state index contributed by atoms with van der Waals surface area (Å²) in [5.74, 6) is -1.67. The average molecular weight is 274 g/mol. The van der Waals surface area contributed by atoms with E-state index in [-0.39, 0.29) is 16.9 Å². The molecule has 0 spiro atoms. The average Bonchev–Trinajstić information content (AvgIpc) is 2.47. The molecule has 0 aliphatic heterocycles. The fourth-order valence-corrected chi connectivity index (χ4v) is 1.62. The van der Waals surface area contributed by atoms with Crippen LogP contribution in [0, 0.1) is 5.82 Å². The number of anilines is 1. The number of pyridine rings is 1. The van der Waals surface area contributed by atoms with Gasteiger partial charge in [-0.25, -0.2) is 4.39 Å². The van der Waals surface area contributed by atoms with Gasteiger partial charge >= 0.3 is 0 Å². The third-order valence-electron chi connectivity index (χ3n) is 2.52. The van der Waals surface area contributed by atoms with E-state index in [0.717, 1.165) is 6.07 Å². The first kappa shape index (κ1) is 13.5. The van der Waals surface area contributed by atoms with Gasteiger partial charge in [-0.2, -0.15) is 0 Å². The Bertz CT molecular complexity index is 659. The quantitative estimate of drug-likeness (QED) is 0.342. The Morgan fingerprint density at radius 3 is 2.75 bits per heavy atom.